The molecule has 0 radical (unpaired) electrons. The predicted octanol–water partition coefficient (Wildman–Crippen LogP) is 2.52. The summed E-state index contributed by atoms with van der Waals surface area (Å²) >= 11 is 0. The van der Waals surface area contributed by atoms with E-state index in [4.69, 9.17) is 28.9 Å². The first-order valence-electron chi connectivity index (χ1n) is 8.76. The Hall–Kier alpha value is -1.49. The van der Waals surface area contributed by atoms with Crippen molar-refractivity contribution in [3.63, 3.8) is 0 Å². The van der Waals surface area contributed by atoms with Gasteiger partial charge in [-0.2, -0.15) is 5.26 Å². The third-order valence-electron chi connectivity index (χ3n) is 4.80. The van der Waals surface area contributed by atoms with E-state index in [1.807, 2.05) is 44.2 Å². The van der Waals surface area contributed by atoms with Gasteiger partial charge < -0.3 is 23.7 Å². The molecule has 4 rings (SSSR count). The first-order chi connectivity index (χ1) is 12.1. The fraction of sp³-hybridized carbons (Fsp3) is 0.632. The van der Waals surface area contributed by atoms with Crippen LogP contribution in [0.1, 0.15) is 32.3 Å². The van der Waals surface area contributed by atoms with E-state index in [0.29, 0.717) is 13.0 Å². The molecule has 0 bridgehead atoms. The summed E-state index contributed by atoms with van der Waals surface area (Å²) in [6, 6.07) is 12.2. The van der Waals surface area contributed by atoms with Crippen molar-refractivity contribution in [3.8, 4) is 6.07 Å². The van der Waals surface area contributed by atoms with Gasteiger partial charge in [0.05, 0.1) is 18.8 Å². The lowest BCUT2D eigenvalue weighted by Crippen LogP contribution is -2.39. The Kier molecular flexibility index (Phi) is 4.52. The first kappa shape index (κ1) is 17.0. The number of hydrogen-bond acceptors (Lipinski definition) is 6. The standard InChI is InChI=1S/C19H23NO5/c1-19(2)24-17-15(21-11-12-7-4-3-5-8-12)16(23-18(17)25-19)14-13(22-14)9-6-10-20/h3-5,7-8,13-18H,6,9,11H2,1-2H3/t13-,14-,15+,16-,17-,18-/m1/s1. The highest BCUT2D eigenvalue weighted by Gasteiger charge is 2.61. The third-order valence-corrected chi connectivity index (χ3v) is 4.80. The number of epoxide rings is 1. The second-order valence-electron chi connectivity index (χ2n) is 7.17. The minimum atomic E-state index is -0.681. The molecule has 1 aromatic carbocycles. The Bertz CT molecular complexity index is 643. The molecule has 0 unspecified atom stereocenters. The molecule has 3 aliphatic heterocycles. The number of ether oxygens (including phenoxy) is 5. The van der Waals surface area contributed by atoms with Crippen LogP contribution in [-0.2, 0) is 30.3 Å². The van der Waals surface area contributed by atoms with Crippen molar-refractivity contribution >= 4 is 0 Å². The van der Waals surface area contributed by atoms with Gasteiger partial charge in [-0.15, -0.1) is 0 Å². The molecule has 134 valence electrons. The minimum absolute atomic E-state index is 0.0549. The van der Waals surface area contributed by atoms with Gasteiger partial charge in [-0.1, -0.05) is 30.3 Å². The van der Waals surface area contributed by atoms with Crippen LogP contribution in [0, 0.1) is 11.3 Å². The number of rotatable bonds is 6. The molecule has 0 spiro atoms. The van der Waals surface area contributed by atoms with Crippen molar-refractivity contribution < 1.29 is 23.7 Å². The molecular formula is C19H23NO5. The second-order valence-corrected chi connectivity index (χ2v) is 7.17. The molecule has 1 aromatic rings. The average Bonchev–Trinajstić information content (AvgIpc) is 3.20. The van der Waals surface area contributed by atoms with E-state index in [1.165, 1.54) is 0 Å². The molecule has 3 saturated heterocycles. The molecule has 6 heteroatoms. The second kappa shape index (κ2) is 6.67. The van der Waals surface area contributed by atoms with Gasteiger partial charge in [-0.25, -0.2) is 0 Å². The Morgan fingerprint density at radius 1 is 1.08 bits per heavy atom. The van der Waals surface area contributed by atoms with Crippen molar-refractivity contribution in [2.24, 2.45) is 0 Å². The highest BCUT2D eigenvalue weighted by molar-refractivity contribution is 5.14. The first-order valence-corrected chi connectivity index (χ1v) is 8.76. The van der Waals surface area contributed by atoms with Gasteiger partial charge in [0.1, 0.15) is 24.4 Å². The molecular weight excluding hydrogens is 322 g/mol. The topological polar surface area (TPSA) is 73.2 Å². The van der Waals surface area contributed by atoms with Gasteiger partial charge in [-0.05, 0) is 25.8 Å². The monoisotopic (exact) mass is 345 g/mol. The lowest BCUT2D eigenvalue weighted by Gasteiger charge is -2.25. The zero-order valence-electron chi connectivity index (χ0n) is 14.5. The van der Waals surface area contributed by atoms with E-state index >= 15 is 0 Å². The zero-order valence-corrected chi connectivity index (χ0v) is 14.5. The number of hydrogen-bond donors (Lipinski definition) is 0. The van der Waals surface area contributed by atoms with Crippen molar-refractivity contribution in [2.75, 3.05) is 0 Å². The molecule has 6 atom stereocenters. The smallest absolute Gasteiger partial charge is 0.190 e. The summed E-state index contributed by atoms with van der Waals surface area (Å²) in [5.74, 6) is -0.681. The van der Waals surface area contributed by atoms with Crippen LogP contribution in [0.2, 0.25) is 0 Å². The van der Waals surface area contributed by atoms with E-state index < -0.39 is 12.1 Å². The van der Waals surface area contributed by atoms with Crippen molar-refractivity contribution in [3.05, 3.63) is 35.9 Å². The fourth-order valence-electron chi connectivity index (χ4n) is 3.61. The number of nitrogens with zero attached hydrogens (tertiary/aromatic N) is 1. The lowest BCUT2D eigenvalue weighted by molar-refractivity contribution is -0.221. The molecule has 3 fully saturated rings. The fourth-order valence-corrected chi connectivity index (χ4v) is 3.61. The van der Waals surface area contributed by atoms with E-state index in [1.54, 1.807) is 0 Å². The molecule has 0 saturated carbocycles. The summed E-state index contributed by atoms with van der Waals surface area (Å²) in [5, 5.41) is 8.74. The van der Waals surface area contributed by atoms with Crippen LogP contribution in [0.25, 0.3) is 0 Å². The quantitative estimate of drug-likeness (QED) is 0.738. The largest absolute Gasteiger partial charge is 0.368 e. The van der Waals surface area contributed by atoms with Gasteiger partial charge in [0.15, 0.2) is 12.1 Å². The molecule has 3 heterocycles. The summed E-state index contributed by atoms with van der Waals surface area (Å²) in [6.45, 7) is 4.23. The van der Waals surface area contributed by atoms with Crippen LogP contribution in [0.3, 0.4) is 0 Å². The van der Waals surface area contributed by atoms with Gasteiger partial charge in [-0.3, -0.25) is 0 Å². The van der Waals surface area contributed by atoms with Crippen LogP contribution in [0.4, 0.5) is 0 Å². The van der Waals surface area contributed by atoms with Crippen LogP contribution < -0.4 is 0 Å². The zero-order chi connectivity index (χ0) is 17.4. The van der Waals surface area contributed by atoms with E-state index in [-0.39, 0.29) is 30.5 Å². The minimum Gasteiger partial charge on any atom is -0.368 e. The summed E-state index contributed by atoms with van der Waals surface area (Å²) < 4.78 is 29.9. The van der Waals surface area contributed by atoms with Crippen LogP contribution >= 0.6 is 0 Å². The van der Waals surface area contributed by atoms with Gasteiger partial charge in [0, 0.05) is 6.42 Å². The van der Waals surface area contributed by atoms with Crippen LogP contribution in [-0.4, -0.2) is 42.6 Å². The molecule has 0 aliphatic carbocycles. The van der Waals surface area contributed by atoms with Crippen LogP contribution in [0.5, 0.6) is 0 Å². The highest BCUT2D eigenvalue weighted by atomic mass is 16.8. The molecule has 0 amide bonds. The van der Waals surface area contributed by atoms with E-state index in [2.05, 4.69) is 6.07 Å². The Morgan fingerprint density at radius 3 is 2.64 bits per heavy atom. The Morgan fingerprint density at radius 2 is 1.88 bits per heavy atom. The Labute approximate surface area is 147 Å². The van der Waals surface area contributed by atoms with Gasteiger partial charge in [0.2, 0.25) is 0 Å². The molecule has 0 N–H and O–H groups in total. The average molecular weight is 345 g/mol. The third kappa shape index (κ3) is 3.57. The maximum Gasteiger partial charge on any atom is 0.190 e. The van der Waals surface area contributed by atoms with Gasteiger partial charge in [0.25, 0.3) is 0 Å². The van der Waals surface area contributed by atoms with Crippen molar-refractivity contribution in [2.45, 2.75) is 75.9 Å². The predicted molar refractivity (Wildman–Crippen MR) is 87.2 cm³/mol. The maximum atomic E-state index is 8.74. The summed E-state index contributed by atoms with van der Waals surface area (Å²) in [6.07, 6.45) is -0.0197. The molecule has 25 heavy (non-hydrogen) atoms. The van der Waals surface area contributed by atoms with Crippen molar-refractivity contribution in [1.29, 1.82) is 5.26 Å². The summed E-state index contributed by atoms with van der Waals surface area (Å²) in [4.78, 5) is 0. The number of nitriles is 1. The van der Waals surface area contributed by atoms with E-state index in [0.717, 1.165) is 12.0 Å². The summed E-state index contributed by atoms with van der Waals surface area (Å²) in [7, 11) is 0. The molecule has 3 aliphatic rings. The summed E-state index contributed by atoms with van der Waals surface area (Å²) in [5.41, 5.74) is 1.10. The number of fused-ring (bicyclic) bond motifs is 1. The highest BCUT2D eigenvalue weighted by Crippen LogP contribution is 2.44. The Balaban J connectivity index is 1.44. The van der Waals surface area contributed by atoms with E-state index in [9.17, 15) is 0 Å². The molecule has 6 nitrogen and oxygen atoms in total. The number of benzene rings is 1. The van der Waals surface area contributed by atoms with Gasteiger partial charge >= 0.3 is 0 Å². The van der Waals surface area contributed by atoms with Crippen molar-refractivity contribution in [1.82, 2.24) is 0 Å². The SMILES string of the molecule is CC1(C)O[C@H]2O[C@H]([C@@H]3O[C@@H]3CCC#N)[C@H](OCc3ccccc3)[C@H]2O1. The molecule has 0 aromatic heterocycles. The maximum absolute atomic E-state index is 8.74. The lowest BCUT2D eigenvalue weighted by atomic mass is 10.0. The van der Waals surface area contributed by atoms with Crippen LogP contribution in [0.15, 0.2) is 30.3 Å². The normalized spacial score (nSPS) is 38.3.